The first-order valence-corrected chi connectivity index (χ1v) is 30.0. The number of hydrogen-bond donors (Lipinski definition) is 0. The van der Waals surface area contributed by atoms with Crippen molar-refractivity contribution in [2.24, 2.45) is 0 Å². The molecule has 414 valence electrons. The zero-order valence-corrected chi connectivity index (χ0v) is 47.4. The maximum absolute atomic E-state index is 12.9. The lowest BCUT2D eigenvalue weighted by Crippen LogP contribution is -2.30. The number of carbonyl (C=O) groups excluding carboxylic acids is 3. The molecule has 0 saturated heterocycles. The van der Waals surface area contributed by atoms with Gasteiger partial charge in [0.25, 0.3) is 0 Å². The molecule has 0 saturated carbocycles. The van der Waals surface area contributed by atoms with E-state index < -0.39 is 6.10 Å². The minimum Gasteiger partial charge on any atom is -0.462 e. The average Bonchev–Trinajstić information content (AvgIpc) is 3.39. The molecule has 0 amide bonds. The maximum atomic E-state index is 12.9. The van der Waals surface area contributed by atoms with E-state index in [9.17, 15) is 14.4 Å². The minimum atomic E-state index is -0.819. The van der Waals surface area contributed by atoms with E-state index in [1.54, 1.807) is 0 Å². The summed E-state index contributed by atoms with van der Waals surface area (Å²) in [6.07, 6.45) is 83.4. The second-order valence-corrected chi connectivity index (χ2v) is 19.5. The summed E-state index contributed by atoms with van der Waals surface area (Å²) in [5.41, 5.74) is 0. The fourth-order valence-electron chi connectivity index (χ4n) is 7.93. The molecule has 0 aliphatic carbocycles. The normalized spacial score (nSPS) is 13.0. The molecule has 0 aromatic carbocycles. The van der Waals surface area contributed by atoms with E-state index in [0.717, 1.165) is 103 Å². The Morgan fingerprint density at radius 2 is 0.548 bits per heavy atom. The van der Waals surface area contributed by atoms with E-state index in [4.69, 9.17) is 14.2 Å². The Morgan fingerprint density at radius 1 is 0.288 bits per heavy atom. The molecule has 0 aliphatic heterocycles. The highest BCUT2D eigenvalue weighted by Gasteiger charge is 2.19. The molecule has 0 aromatic heterocycles. The van der Waals surface area contributed by atoms with Crippen LogP contribution in [0.3, 0.4) is 0 Å². The van der Waals surface area contributed by atoms with Crippen LogP contribution in [0.5, 0.6) is 0 Å². The van der Waals surface area contributed by atoms with Crippen LogP contribution < -0.4 is 0 Å². The van der Waals surface area contributed by atoms with E-state index in [2.05, 4.69) is 142 Å². The van der Waals surface area contributed by atoms with Gasteiger partial charge in [-0.2, -0.15) is 0 Å². The topological polar surface area (TPSA) is 78.9 Å². The molecule has 73 heavy (non-hydrogen) atoms. The summed E-state index contributed by atoms with van der Waals surface area (Å²) in [5, 5.41) is 0. The van der Waals surface area contributed by atoms with Gasteiger partial charge in [-0.15, -0.1) is 0 Å². The highest BCUT2D eigenvalue weighted by molar-refractivity contribution is 5.71. The Kier molecular flexibility index (Phi) is 56.9. The Labute approximate surface area is 450 Å². The number of hydrogen-bond acceptors (Lipinski definition) is 6. The summed E-state index contributed by atoms with van der Waals surface area (Å²) in [7, 11) is 0. The predicted octanol–water partition coefficient (Wildman–Crippen LogP) is 20.4. The van der Waals surface area contributed by atoms with Crippen LogP contribution >= 0.6 is 0 Å². The summed E-state index contributed by atoms with van der Waals surface area (Å²) >= 11 is 0. The molecule has 0 aliphatic rings. The van der Waals surface area contributed by atoms with Gasteiger partial charge in [-0.3, -0.25) is 14.4 Å². The van der Waals surface area contributed by atoms with Gasteiger partial charge in [0, 0.05) is 19.3 Å². The number of rotatable bonds is 53. The van der Waals surface area contributed by atoms with Crippen molar-refractivity contribution in [1.29, 1.82) is 0 Å². The molecule has 0 N–H and O–H groups in total. The van der Waals surface area contributed by atoms with Gasteiger partial charge in [0.2, 0.25) is 0 Å². The van der Waals surface area contributed by atoms with Crippen molar-refractivity contribution in [2.75, 3.05) is 13.2 Å². The molecule has 0 fully saturated rings. The van der Waals surface area contributed by atoms with Crippen molar-refractivity contribution in [1.82, 2.24) is 0 Å². The molecule has 0 heterocycles. The SMILES string of the molecule is CC/C=C\C/C=C\C/C=C\C/C=C\C/C=C\CCCCCC(=O)OC[C@H](COC(=O)CCC/C=C\C/C=C\C/C=C\CCCCCCCC)OC(=O)CCCCCCCCCCC/C=C\C/C=C\CCCCC. The van der Waals surface area contributed by atoms with Crippen LogP contribution in [0.15, 0.2) is 122 Å². The molecule has 0 spiro atoms. The fourth-order valence-corrected chi connectivity index (χ4v) is 7.93. The lowest BCUT2D eigenvalue weighted by molar-refractivity contribution is -0.167. The van der Waals surface area contributed by atoms with Crippen molar-refractivity contribution < 1.29 is 28.6 Å². The van der Waals surface area contributed by atoms with Gasteiger partial charge in [0.15, 0.2) is 6.10 Å². The van der Waals surface area contributed by atoms with Gasteiger partial charge in [-0.25, -0.2) is 0 Å². The quantitative estimate of drug-likeness (QED) is 0.0261. The number of carbonyl (C=O) groups is 3. The first-order chi connectivity index (χ1) is 36.0. The molecule has 0 unspecified atom stereocenters. The van der Waals surface area contributed by atoms with Crippen molar-refractivity contribution in [2.45, 2.75) is 271 Å². The third-order valence-corrected chi connectivity index (χ3v) is 12.4. The van der Waals surface area contributed by atoms with Crippen LogP contribution in [0.1, 0.15) is 265 Å². The summed E-state index contributed by atoms with van der Waals surface area (Å²) in [6.45, 7) is 6.42. The van der Waals surface area contributed by atoms with E-state index in [1.165, 1.54) is 116 Å². The van der Waals surface area contributed by atoms with Crippen molar-refractivity contribution in [3.05, 3.63) is 122 Å². The van der Waals surface area contributed by atoms with Gasteiger partial charge in [-0.1, -0.05) is 239 Å². The van der Waals surface area contributed by atoms with Gasteiger partial charge in [-0.05, 0) is 128 Å². The number of unbranched alkanes of at least 4 members (excludes halogenated alkanes) is 22. The molecule has 0 aromatic rings. The Balaban J connectivity index is 4.54. The van der Waals surface area contributed by atoms with E-state index in [1.807, 2.05) is 0 Å². The Morgan fingerprint density at radius 3 is 0.932 bits per heavy atom. The lowest BCUT2D eigenvalue weighted by atomic mass is 10.1. The Hall–Kier alpha value is -4.19. The smallest absolute Gasteiger partial charge is 0.306 e. The number of allylic oxidation sites excluding steroid dienone is 20. The van der Waals surface area contributed by atoms with Gasteiger partial charge in [0.05, 0.1) is 0 Å². The average molecular weight is 1010 g/mol. The van der Waals surface area contributed by atoms with Crippen LogP contribution in [0.4, 0.5) is 0 Å². The molecule has 1 atom stereocenters. The predicted molar refractivity (Wildman–Crippen MR) is 316 cm³/mol. The minimum absolute atomic E-state index is 0.115. The van der Waals surface area contributed by atoms with Gasteiger partial charge < -0.3 is 14.2 Å². The second kappa shape index (κ2) is 60.4. The van der Waals surface area contributed by atoms with Crippen molar-refractivity contribution in [3.8, 4) is 0 Å². The summed E-state index contributed by atoms with van der Waals surface area (Å²) in [4.78, 5) is 38.2. The molecule has 6 nitrogen and oxygen atoms in total. The third-order valence-electron chi connectivity index (χ3n) is 12.4. The fraction of sp³-hybridized carbons (Fsp3) is 0.657. The maximum Gasteiger partial charge on any atom is 0.306 e. The molecular weight excluding hydrogens is 901 g/mol. The second-order valence-electron chi connectivity index (χ2n) is 19.5. The van der Waals surface area contributed by atoms with E-state index in [-0.39, 0.29) is 37.5 Å². The summed E-state index contributed by atoms with van der Waals surface area (Å²) in [6, 6.07) is 0. The largest absolute Gasteiger partial charge is 0.462 e. The van der Waals surface area contributed by atoms with Gasteiger partial charge in [0.1, 0.15) is 13.2 Å². The zero-order valence-electron chi connectivity index (χ0n) is 47.4. The molecule has 0 rings (SSSR count). The highest BCUT2D eigenvalue weighted by atomic mass is 16.6. The molecular formula is C67H110O6. The van der Waals surface area contributed by atoms with Crippen LogP contribution in [-0.2, 0) is 28.6 Å². The van der Waals surface area contributed by atoms with Crippen LogP contribution in [0.2, 0.25) is 0 Å². The zero-order chi connectivity index (χ0) is 52.9. The first kappa shape index (κ1) is 68.8. The standard InChI is InChI=1S/C67H110O6/c1-4-7-10-13-16-19-22-25-28-31-33-36-39-42-45-48-51-54-57-60-66(69)72-63-64(62-71-65(68)59-56-53-50-47-44-41-38-35-30-27-24-21-18-15-12-9-6-3)73-67(70)61-58-55-52-49-46-43-40-37-34-32-29-26-23-20-17-14-11-8-5-2/h7,10,16-17,19-20,25-30,33,36,38,41-42,45,47,50,64H,4-6,8-9,11-15,18,21-24,31-32,34-35,37,39-40,43-44,46,48-49,51-63H2,1-3H3/b10-7-,19-16-,20-17-,28-25-,29-26-,30-27-,36-33-,41-38-,45-42-,50-47-/t64-/m0/s1. The number of esters is 3. The van der Waals surface area contributed by atoms with Crippen molar-refractivity contribution >= 4 is 17.9 Å². The Bertz CT molecular complexity index is 1540. The summed E-state index contributed by atoms with van der Waals surface area (Å²) < 4.78 is 16.8. The lowest BCUT2D eigenvalue weighted by Gasteiger charge is -2.18. The van der Waals surface area contributed by atoms with Gasteiger partial charge >= 0.3 is 17.9 Å². The summed E-state index contributed by atoms with van der Waals surface area (Å²) in [5.74, 6) is -1.00. The van der Waals surface area contributed by atoms with E-state index >= 15 is 0 Å². The third kappa shape index (κ3) is 58.6. The van der Waals surface area contributed by atoms with Crippen molar-refractivity contribution in [3.63, 3.8) is 0 Å². The molecule has 0 radical (unpaired) electrons. The van der Waals surface area contributed by atoms with Crippen LogP contribution in [-0.4, -0.2) is 37.2 Å². The van der Waals surface area contributed by atoms with Crippen LogP contribution in [0.25, 0.3) is 0 Å². The monoisotopic (exact) mass is 1010 g/mol. The van der Waals surface area contributed by atoms with Crippen LogP contribution in [0, 0.1) is 0 Å². The molecule has 0 bridgehead atoms. The molecule has 6 heteroatoms. The highest BCUT2D eigenvalue weighted by Crippen LogP contribution is 2.14. The number of ether oxygens (including phenoxy) is 3. The first-order valence-electron chi connectivity index (χ1n) is 30.0. The van der Waals surface area contributed by atoms with E-state index in [0.29, 0.717) is 19.3 Å².